The number of piperidine rings is 1. The fourth-order valence-corrected chi connectivity index (χ4v) is 4.77. The van der Waals surface area contributed by atoms with Crippen LogP contribution in [0, 0.1) is 0 Å². The molecule has 7 heteroatoms. The van der Waals surface area contributed by atoms with Crippen LogP contribution in [0.25, 0.3) is 0 Å². The molecule has 1 aliphatic heterocycles. The maximum Gasteiger partial charge on any atom is 0.259 e. The fourth-order valence-electron chi connectivity index (χ4n) is 4.77. The molecule has 1 aromatic heterocycles. The Hall–Kier alpha value is -2.15. The Labute approximate surface area is 184 Å². The summed E-state index contributed by atoms with van der Waals surface area (Å²) in [5, 5.41) is 12.4. The molecule has 1 aliphatic carbocycles. The van der Waals surface area contributed by atoms with Crippen molar-refractivity contribution in [2.24, 2.45) is 0 Å². The van der Waals surface area contributed by atoms with Gasteiger partial charge in [0.05, 0.1) is 0 Å². The molecule has 2 fully saturated rings. The van der Waals surface area contributed by atoms with Crippen molar-refractivity contribution in [1.82, 2.24) is 14.8 Å². The maximum atomic E-state index is 13.4. The predicted molar refractivity (Wildman–Crippen MR) is 120 cm³/mol. The molecule has 0 bridgehead atoms. The summed E-state index contributed by atoms with van der Waals surface area (Å²) in [4.78, 5) is 41.4. The number of pyridine rings is 1. The maximum absolute atomic E-state index is 13.4. The van der Waals surface area contributed by atoms with Crippen LogP contribution in [-0.2, 0) is 0 Å². The summed E-state index contributed by atoms with van der Waals surface area (Å²) < 4.78 is 1.78. The summed E-state index contributed by atoms with van der Waals surface area (Å²) in [5.74, 6) is -0.715. The molecule has 2 aliphatic rings. The number of aliphatic hydroxyl groups excluding tert-OH is 1. The number of hydrogen-bond donors (Lipinski definition) is 2. The van der Waals surface area contributed by atoms with E-state index in [9.17, 15) is 19.5 Å². The topological polar surface area (TPSA) is 91.6 Å². The Morgan fingerprint density at radius 1 is 1.03 bits per heavy atom. The number of nitrogens with one attached hydrogen (secondary N) is 1. The van der Waals surface area contributed by atoms with Crippen molar-refractivity contribution in [3.8, 4) is 0 Å². The van der Waals surface area contributed by atoms with E-state index in [4.69, 9.17) is 0 Å². The van der Waals surface area contributed by atoms with E-state index in [2.05, 4.69) is 5.32 Å². The van der Waals surface area contributed by atoms with Crippen molar-refractivity contribution >= 4 is 11.8 Å². The minimum absolute atomic E-state index is 0.00572. The highest BCUT2D eigenvalue weighted by Crippen LogP contribution is 2.22. The van der Waals surface area contributed by atoms with Crippen molar-refractivity contribution in [3.05, 3.63) is 33.7 Å². The van der Waals surface area contributed by atoms with Gasteiger partial charge in [0.1, 0.15) is 11.1 Å². The first-order chi connectivity index (χ1) is 14.9. The van der Waals surface area contributed by atoms with Gasteiger partial charge in [0.25, 0.3) is 11.8 Å². The molecule has 0 unspecified atom stereocenters. The lowest BCUT2D eigenvalue weighted by Gasteiger charge is -2.35. The molecule has 172 valence electrons. The summed E-state index contributed by atoms with van der Waals surface area (Å²) in [6, 6.07) is 0.0186. The standard InChI is InChI=1S/C24H37N3O4/c1-17(2)26-15-20(23(30)25-18-9-5-3-4-6-10-18)22(29)21(16-26)24(31)27-13-8-7-11-19(27)12-14-28/h15-19,28H,3-14H2,1-2H3,(H,25,30)/t19-/m0/s1. The number of likely N-dealkylation sites (tertiary alicyclic amines) is 1. The van der Waals surface area contributed by atoms with Gasteiger partial charge in [-0.05, 0) is 52.4 Å². The largest absolute Gasteiger partial charge is 0.396 e. The highest BCUT2D eigenvalue weighted by atomic mass is 16.3. The van der Waals surface area contributed by atoms with E-state index >= 15 is 0 Å². The Morgan fingerprint density at radius 2 is 1.68 bits per heavy atom. The number of rotatable bonds is 6. The minimum atomic E-state index is -0.499. The Bertz CT molecular complexity index is 823. The van der Waals surface area contributed by atoms with Gasteiger partial charge >= 0.3 is 0 Å². The predicted octanol–water partition coefficient (Wildman–Crippen LogP) is 3.26. The summed E-state index contributed by atoms with van der Waals surface area (Å²) in [6.07, 6.45) is 12.8. The van der Waals surface area contributed by atoms with Crippen LogP contribution in [0.5, 0.6) is 0 Å². The van der Waals surface area contributed by atoms with Gasteiger partial charge in [-0.2, -0.15) is 0 Å². The highest BCUT2D eigenvalue weighted by Gasteiger charge is 2.30. The van der Waals surface area contributed by atoms with E-state index in [0.717, 1.165) is 44.9 Å². The minimum Gasteiger partial charge on any atom is -0.396 e. The third-order valence-corrected chi connectivity index (χ3v) is 6.66. The number of aromatic nitrogens is 1. The Morgan fingerprint density at radius 3 is 2.32 bits per heavy atom. The molecule has 7 nitrogen and oxygen atoms in total. The van der Waals surface area contributed by atoms with Gasteiger partial charge in [-0.25, -0.2) is 0 Å². The number of aliphatic hydroxyl groups is 1. The summed E-state index contributed by atoms with van der Waals surface area (Å²) in [5.41, 5.74) is -0.409. The van der Waals surface area contributed by atoms with E-state index in [0.29, 0.717) is 13.0 Å². The zero-order valence-electron chi connectivity index (χ0n) is 18.9. The monoisotopic (exact) mass is 431 g/mol. The molecule has 2 amide bonds. The van der Waals surface area contributed by atoms with Crippen LogP contribution >= 0.6 is 0 Å². The van der Waals surface area contributed by atoms with E-state index in [1.54, 1.807) is 21.9 Å². The lowest BCUT2D eigenvalue weighted by Crippen LogP contribution is -2.46. The van der Waals surface area contributed by atoms with Gasteiger partial charge in [0.2, 0.25) is 5.43 Å². The number of hydrogen-bond acceptors (Lipinski definition) is 4. The lowest BCUT2D eigenvalue weighted by molar-refractivity contribution is 0.0572. The lowest BCUT2D eigenvalue weighted by atomic mass is 9.98. The van der Waals surface area contributed by atoms with E-state index < -0.39 is 5.43 Å². The molecule has 2 heterocycles. The van der Waals surface area contributed by atoms with Gasteiger partial charge in [0, 0.05) is 43.7 Å². The van der Waals surface area contributed by atoms with Crippen LogP contribution in [-0.4, -0.2) is 51.6 Å². The van der Waals surface area contributed by atoms with Crippen molar-refractivity contribution in [2.45, 2.75) is 96.2 Å². The summed E-state index contributed by atoms with van der Waals surface area (Å²) >= 11 is 0. The van der Waals surface area contributed by atoms with Crippen molar-refractivity contribution in [1.29, 1.82) is 0 Å². The molecule has 31 heavy (non-hydrogen) atoms. The SMILES string of the molecule is CC(C)n1cc(C(=O)NC2CCCCCC2)c(=O)c(C(=O)N2CCCC[C@H]2CCO)c1. The van der Waals surface area contributed by atoms with Gasteiger partial charge < -0.3 is 19.9 Å². The molecule has 0 radical (unpaired) electrons. The summed E-state index contributed by atoms with van der Waals surface area (Å²) in [6.45, 7) is 4.50. The van der Waals surface area contributed by atoms with Crippen LogP contribution in [0.15, 0.2) is 17.2 Å². The second-order valence-electron chi connectivity index (χ2n) is 9.28. The molecule has 1 aromatic rings. The number of nitrogens with zero attached hydrogens (tertiary/aromatic N) is 2. The average Bonchev–Trinajstić information content (AvgIpc) is 3.02. The molecule has 1 saturated carbocycles. The second kappa shape index (κ2) is 10.9. The zero-order valence-corrected chi connectivity index (χ0v) is 18.9. The fraction of sp³-hybridized carbons (Fsp3) is 0.708. The van der Waals surface area contributed by atoms with Crippen LogP contribution in [0.4, 0.5) is 0 Å². The van der Waals surface area contributed by atoms with Gasteiger partial charge in [-0.15, -0.1) is 0 Å². The third-order valence-electron chi connectivity index (χ3n) is 6.66. The molecule has 3 rings (SSSR count). The van der Waals surface area contributed by atoms with Crippen LogP contribution < -0.4 is 10.7 Å². The van der Waals surface area contributed by atoms with Crippen LogP contribution in [0.3, 0.4) is 0 Å². The number of carbonyl (C=O) groups excluding carboxylic acids is 2. The van der Waals surface area contributed by atoms with E-state index in [1.165, 1.54) is 12.8 Å². The first-order valence-electron chi connectivity index (χ1n) is 11.9. The third kappa shape index (κ3) is 5.76. The summed E-state index contributed by atoms with van der Waals surface area (Å²) in [7, 11) is 0. The first-order valence-corrected chi connectivity index (χ1v) is 11.9. The molecule has 0 aromatic carbocycles. The Balaban J connectivity index is 1.91. The molecule has 1 saturated heterocycles. The molecule has 1 atom stereocenters. The number of carbonyl (C=O) groups is 2. The molecule has 2 N–H and O–H groups in total. The van der Waals surface area contributed by atoms with E-state index in [1.807, 2.05) is 13.8 Å². The molecular formula is C24H37N3O4. The van der Waals surface area contributed by atoms with Crippen molar-refractivity contribution < 1.29 is 14.7 Å². The van der Waals surface area contributed by atoms with Gasteiger partial charge in [-0.3, -0.25) is 14.4 Å². The number of amides is 2. The first kappa shape index (κ1) is 23.5. The van der Waals surface area contributed by atoms with E-state index in [-0.39, 0.29) is 47.7 Å². The molecular weight excluding hydrogens is 394 g/mol. The van der Waals surface area contributed by atoms with Crippen molar-refractivity contribution in [3.63, 3.8) is 0 Å². The highest BCUT2D eigenvalue weighted by molar-refractivity contribution is 5.99. The zero-order chi connectivity index (χ0) is 22.4. The average molecular weight is 432 g/mol. The normalized spacial score (nSPS) is 20.5. The Kier molecular flexibility index (Phi) is 8.29. The molecule has 0 spiro atoms. The smallest absolute Gasteiger partial charge is 0.259 e. The van der Waals surface area contributed by atoms with Gasteiger partial charge in [0.15, 0.2) is 0 Å². The quantitative estimate of drug-likeness (QED) is 0.677. The second-order valence-corrected chi connectivity index (χ2v) is 9.28. The van der Waals surface area contributed by atoms with Gasteiger partial charge in [-0.1, -0.05) is 25.7 Å². The van der Waals surface area contributed by atoms with Crippen LogP contribution in [0.1, 0.15) is 105 Å². The van der Waals surface area contributed by atoms with Crippen molar-refractivity contribution in [2.75, 3.05) is 13.2 Å². The van der Waals surface area contributed by atoms with Crippen LogP contribution in [0.2, 0.25) is 0 Å².